The second kappa shape index (κ2) is 10.5. The molecule has 13 heteroatoms. The summed E-state index contributed by atoms with van der Waals surface area (Å²) in [5, 5.41) is 10.7. The molecule has 0 atom stereocenters. The van der Waals surface area contributed by atoms with E-state index in [4.69, 9.17) is 14.7 Å². The maximum atomic E-state index is 12.8. The average molecular weight is 519 g/mol. The van der Waals surface area contributed by atoms with Crippen LogP contribution in [0.25, 0.3) is 22.4 Å². The summed E-state index contributed by atoms with van der Waals surface area (Å²) in [5.74, 6) is 1.27. The van der Waals surface area contributed by atoms with Gasteiger partial charge in [-0.25, -0.2) is 19.4 Å². The van der Waals surface area contributed by atoms with Gasteiger partial charge in [0.2, 0.25) is 0 Å². The predicted octanol–water partition coefficient (Wildman–Crippen LogP) is 3.28. The SMILES string of the molecule is CNC(=O)Nc1ccc(-c2nc(N3CCOCC3)c3cnn(C4CCN(CC(F)(F)F)CC4)c3n2)cc1. The van der Waals surface area contributed by atoms with Crippen molar-refractivity contribution in [2.24, 2.45) is 0 Å². The summed E-state index contributed by atoms with van der Waals surface area (Å²) in [6, 6.07) is 6.87. The number of benzene rings is 1. The van der Waals surface area contributed by atoms with Crippen molar-refractivity contribution in [1.29, 1.82) is 0 Å². The summed E-state index contributed by atoms with van der Waals surface area (Å²) < 4.78 is 45.9. The maximum Gasteiger partial charge on any atom is 0.401 e. The molecule has 0 aliphatic carbocycles. The molecule has 2 aromatic heterocycles. The lowest BCUT2D eigenvalue weighted by molar-refractivity contribution is -0.148. The van der Waals surface area contributed by atoms with Gasteiger partial charge >= 0.3 is 12.2 Å². The third-order valence-corrected chi connectivity index (χ3v) is 6.68. The second-order valence-electron chi connectivity index (χ2n) is 9.20. The number of carbonyl (C=O) groups excluding carboxylic acids is 1. The number of nitrogens with zero attached hydrogens (tertiary/aromatic N) is 6. The molecule has 0 unspecified atom stereocenters. The van der Waals surface area contributed by atoms with E-state index in [1.54, 1.807) is 25.4 Å². The van der Waals surface area contributed by atoms with Crippen LogP contribution in [0.4, 0.5) is 29.5 Å². The number of likely N-dealkylation sites (tertiary alicyclic amines) is 1. The Kier molecular flexibility index (Phi) is 7.15. The molecule has 0 saturated carbocycles. The van der Waals surface area contributed by atoms with Gasteiger partial charge in [0.15, 0.2) is 11.5 Å². The summed E-state index contributed by atoms with van der Waals surface area (Å²) in [7, 11) is 1.54. The zero-order chi connectivity index (χ0) is 26.0. The van der Waals surface area contributed by atoms with Crippen LogP contribution in [0.5, 0.6) is 0 Å². The molecule has 2 aliphatic rings. The number of halogens is 3. The van der Waals surface area contributed by atoms with Gasteiger partial charge in [-0.05, 0) is 37.1 Å². The topological polar surface area (TPSA) is 100 Å². The van der Waals surface area contributed by atoms with Gasteiger partial charge in [-0.2, -0.15) is 18.3 Å². The smallest absolute Gasteiger partial charge is 0.378 e. The maximum absolute atomic E-state index is 12.8. The van der Waals surface area contributed by atoms with Gasteiger partial charge < -0.3 is 20.3 Å². The van der Waals surface area contributed by atoms with Crippen LogP contribution in [0.2, 0.25) is 0 Å². The second-order valence-corrected chi connectivity index (χ2v) is 9.20. The van der Waals surface area contributed by atoms with Gasteiger partial charge in [0.25, 0.3) is 0 Å². The van der Waals surface area contributed by atoms with E-state index in [1.807, 2.05) is 16.8 Å². The number of carbonyl (C=O) groups is 1. The van der Waals surface area contributed by atoms with Crippen molar-refractivity contribution < 1.29 is 22.7 Å². The number of hydrogen-bond donors (Lipinski definition) is 2. The van der Waals surface area contributed by atoms with E-state index in [2.05, 4.69) is 20.6 Å². The van der Waals surface area contributed by atoms with Crippen LogP contribution in [-0.4, -0.2) is 89.8 Å². The third kappa shape index (κ3) is 5.77. The number of hydrogen-bond acceptors (Lipinski definition) is 7. The molecule has 0 bridgehead atoms. The molecule has 3 aromatic rings. The standard InChI is InChI=1S/C24H29F3N8O2/c1-28-23(36)30-17-4-2-16(3-5-17)20-31-21(34-10-12-37-13-11-34)19-14-29-35(22(19)32-20)18-6-8-33(9-7-18)15-24(25,26)27/h2-5,14,18H,6-13,15H2,1H3,(H2,28,30,36). The lowest BCUT2D eigenvalue weighted by atomic mass is 10.1. The molecule has 5 rings (SSSR count). The monoisotopic (exact) mass is 518 g/mol. The van der Waals surface area contributed by atoms with E-state index in [0.717, 1.165) is 16.8 Å². The highest BCUT2D eigenvalue weighted by molar-refractivity contribution is 5.90. The zero-order valence-corrected chi connectivity index (χ0v) is 20.5. The number of alkyl halides is 3. The molecule has 1 aromatic carbocycles. The third-order valence-electron chi connectivity index (χ3n) is 6.68. The highest BCUT2D eigenvalue weighted by Gasteiger charge is 2.33. The van der Waals surface area contributed by atoms with Crippen LogP contribution < -0.4 is 15.5 Å². The first-order valence-corrected chi connectivity index (χ1v) is 12.3. The Hall–Kier alpha value is -3.45. The Morgan fingerprint density at radius 3 is 2.43 bits per heavy atom. The summed E-state index contributed by atoms with van der Waals surface area (Å²) in [6.07, 6.45) is -1.34. The first-order valence-electron chi connectivity index (χ1n) is 12.3. The lowest BCUT2D eigenvalue weighted by Crippen LogP contribution is -2.40. The molecule has 2 aliphatic heterocycles. The van der Waals surface area contributed by atoms with Gasteiger partial charge in [0, 0.05) is 44.5 Å². The van der Waals surface area contributed by atoms with Crippen molar-refractivity contribution in [2.45, 2.75) is 25.1 Å². The quantitative estimate of drug-likeness (QED) is 0.535. The minimum absolute atomic E-state index is 0.0543. The molecule has 37 heavy (non-hydrogen) atoms. The summed E-state index contributed by atoms with van der Waals surface area (Å²) in [4.78, 5) is 25.0. The normalized spacial score (nSPS) is 17.8. The van der Waals surface area contributed by atoms with Crippen molar-refractivity contribution in [3.63, 3.8) is 0 Å². The zero-order valence-electron chi connectivity index (χ0n) is 20.5. The number of piperidine rings is 1. The Morgan fingerprint density at radius 1 is 1.08 bits per heavy atom. The van der Waals surface area contributed by atoms with Crippen LogP contribution in [-0.2, 0) is 4.74 Å². The van der Waals surface area contributed by atoms with Crippen molar-refractivity contribution in [1.82, 2.24) is 30.0 Å². The van der Waals surface area contributed by atoms with E-state index < -0.39 is 12.7 Å². The predicted molar refractivity (Wildman–Crippen MR) is 133 cm³/mol. The van der Waals surface area contributed by atoms with Gasteiger partial charge in [0.1, 0.15) is 5.82 Å². The number of rotatable bonds is 5. The summed E-state index contributed by atoms with van der Waals surface area (Å²) in [6.45, 7) is 2.35. The highest BCUT2D eigenvalue weighted by atomic mass is 19.4. The van der Waals surface area contributed by atoms with Crippen LogP contribution in [0, 0.1) is 0 Å². The molecule has 10 nitrogen and oxygen atoms in total. The average Bonchev–Trinajstić information content (AvgIpc) is 3.32. The molecule has 2 saturated heterocycles. The molecule has 0 radical (unpaired) electrons. The van der Waals surface area contributed by atoms with E-state index in [0.29, 0.717) is 69.4 Å². The number of amides is 2. The molecule has 198 valence electrons. The molecule has 4 heterocycles. The molecular formula is C24H29F3N8O2. The largest absolute Gasteiger partial charge is 0.401 e. The lowest BCUT2D eigenvalue weighted by Gasteiger charge is -2.32. The number of nitrogens with one attached hydrogen (secondary N) is 2. The minimum atomic E-state index is -4.20. The summed E-state index contributed by atoms with van der Waals surface area (Å²) in [5.41, 5.74) is 2.06. The van der Waals surface area contributed by atoms with Gasteiger partial charge in [0.05, 0.1) is 37.4 Å². The van der Waals surface area contributed by atoms with Crippen molar-refractivity contribution in [3.05, 3.63) is 30.5 Å². The molecule has 0 spiro atoms. The summed E-state index contributed by atoms with van der Waals surface area (Å²) >= 11 is 0. The van der Waals surface area contributed by atoms with Crippen LogP contribution in [0.3, 0.4) is 0 Å². The van der Waals surface area contributed by atoms with Crippen LogP contribution in [0.15, 0.2) is 30.5 Å². The Labute approximate surface area is 211 Å². The number of urea groups is 1. The van der Waals surface area contributed by atoms with Gasteiger partial charge in [-0.1, -0.05) is 0 Å². The number of fused-ring (bicyclic) bond motifs is 1. The Morgan fingerprint density at radius 2 is 1.78 bits per heavy atom. The number of anilines is 2. The number of ether oxygens (including phenoxy) is 1. The number of aromatic nitrogens is 4. The van der Waals surface area contributed by atoms with Crippen LogP contribution in [0.1, 0.15) is 18.9 Å². The van der Waals surface area contributed by atoms with Crippen molar-refractivity contribution in [2.75, 3.05) is 63.2 Å². The fraction of sp³-hybridized carbons (Fsp3) is 0.500. The van der Waals surface area contributed by atoms with Gasteiger partial charge in [-0.15, -0.1) is 0 Å². The van der Waals surface area contributed by atoms with Crippen LogP contribution >= 0.6 is 0 Å². The Balaban J connectivity index is 1.47. The highest BCUT2D eigenvalue weighted by Crippen LogP contribution is 2.33. The van der Waals surface area contributed by atoms with Crippen molar-refractivity contribution >= 4 is 28.6 Å². The molecule has 2 amide bonds. The molecule has 2 N–H and O–H groups in total. The first kappa shape index (κ1) is 25.2. The minimum Gasteiger partial charge on any atom is -0.378 e. The number of morpholine rings is 1. The van der Waals surface area contributed by atoms with Gasteiger partial charge in [-0.3, -0.25) is 4.90 Å². The van der Waals surface area contributed by atoms with Crippen molar-refractivity contribution in [3.8, 4) is 11.4 Å². The van der Waals surface area contributed by atoms with E-state index in [-0.39, 0.29) is 12.1 Å². The molecular weight excluding hydrogens is 489 g/mol. The van der Waals surface area contributed by atoms with E-state index in [9.17, 15) is 18.0 Å². The fourth-order valence-electron chi connectivity index (χ4n) is 4.80. The fourth-order valence-corrected chi connectivity index (χ4v) is 4.80. The van der Waals surface area contributed by atoms with E-state index >= 15 is 0 Å². The molecule has 2 fully saturated rings. The van der Waals surface area contributed by atoms with E-state index in [1.165, 1.54) is 4.90 Å². The first-order chi connectivity index (χ1) is 17.8. The Bertz CT molecular complexity index is 1230.